The van der Waals surface area contributed by atoms with Gasteiger partial charge in [0.1, 0.15) is 0 Å². The first kappa shape index (κ1) is 20.9. The van der Waals surface area contributed by atoms with Crippen LogP contribution in [0, 0.1) is 35.5 Å². The molecule has 5 rings (SSSR count). The minimum absolute atomic E-state index is 0.897. The molecule has 0 aromatic heterocycles. The van der Waals surface area contributed by atoms with Crippen LogP contribution in [0.4, 0.5) is 0 Å². The Balaban J connectivity index is 1.64. The topological polar surface area (TPSA) is 0 Å². The molecule has 0 heteroatoms. The first-order valence-electron chi connectivity index (χ1n) is 11.1. The molecule has 0 nitrogen and oxygen atoms in total. The Morgan fingerprint density at radius 3 is 1.26 bits per heavy atom. The van der Waals surface area contributed by atoms with E-state index in [2.05, 4.69) is 59.8 Å². The molecule has 0 radical (unpaired) electrons. The quantitative estimate of drug-likeness (QED) is 0.232. The highest BCUT2D eigenvalue weighted by Gasteiger charge is 2.05. The Bertz CT molecular complexity index is 1620. The molecule has 0 heterocycles. The average Bonchev–Trinajstić information content (AvgIpc) is 2.91. The molecule has 0 amide bonds. The van der Waals surface area contributed by atoms with E-state index in [1.54, 1.807) is 0 Å². The summed E-state index contributed by atoms with van der Waals surface area (Å²) in [5, 5.41) is 2.18. The normalized spacial score (nSPS) is 9.65. The number of rotatable bonds is 0. The molecule has 0 N–H and O–H groups in total. The molecule has 0 unspecified atom stereocenters. The van der Waals surface area contributed by atoms with Crippen molar-refractivity contribution in [1.82, 2.24) is 0 Å². The van der Waals surface area contributed by atoms with Crippen molar-refractivity contribution in [3.8, 4) is 35.5 Å². The summed E-state index contributed by atoms with van der Waals surface area (Å²) in [6, 6.07) is 40.5. The lowest BCUT2D eigenvalue weighted by molar-refractivity contribution is 1.60. The molecule has 34 heavy (non-hydrogen) atoms. The zero-order chi connectivity index (χ0) is 23.0. The van der Waals surface area contributed by atoms with E-state index in [0.717, 1.165) is 44.2 Å². The lowest BCUT2D eigenvalue weighted by Gasteiger charge is -2.05. The van der Waals surface area contributed by atoms with Crippen LogP contribution in [0.1, 0.15) is 33.4 Å². The maximum Gasteiger partial charge on any atom is 0.0412 e. The van der Waals surface area contributed by atoms with E-state index in [4.69, 9.17) is 0 Å². The van der Waals surface area contributed by atoms with Crippen molar-refractivity contribution in [2.75, 3.05) is 0 Å². The van der Waals surface area contributed by atoms with E-state index in [0.29, 0.717) is 0 Å². The predicted octanol–water partition coefficient (Wildman–Crippen LogP) is 7.04. The largest absolute Gasteiger partial charge is 0.0622 e. The highest BCUT2D eigenvalue weighted by atomic mass is 14.1. The molecule has 0 atom stereocenters. The van der Waals surface area contributed by atoms with Crippen molar-refractivity contribution in [1.29, 1.82) is 0 Å². The Hall–Kier alpha value is -4.96. The second-order valence-electron chi connectivity index (χ2n) is 7.77. The third-order valence-corrected chi connectivity index (χ3v) is 5.36. The van der Waals surface area contributed by atoms with E-state index >= 15 is 0 Å². The fraction of sp³-hybridized carbons (Fsp3) is 0. The highest BCUT2D eigenvalue weighted by molar-refractivity contribution is 5.91. The van der Waals surface area contributed by atoms with Crippen LogP contribution in [-0.2, 0) is 0 Å². The molecule has 0 fully saturated rings. The van der Waals surface area contributed by atoms with Gasteiger partial charge in [-0.25, -0.2) is 0 Å². The van der Waals surface area contributed by atoms with Gasteiger partial charge in [0.05, 0.1) is 0 Å². The van der Waals surface area contributed by atoms with Crippen LogP contribution in [0.25, 0.3) is 10.8 Å². The monoisotopic (exact) mass is 428 g/mol. The summed E-state index contributed by atoms with van der Waals surface area (Å²) < 4.78 is 0. The van der Waals surface area contributed by atoms with Crippen LogP contribution in [0.15, 0.2) is 121 Å². The summed E-state index contributed by atoms with van der Waals surface area (Å²) in [7, 11) is 0. The first-order valence-corrected chi connectivity index (χ1v) is 11.1. The fourth-order valence-electron chi connectivity index (χ4n) is 3.62. The highest BCUT2D eigenvalue weighted by Crippen LogP contribution is 2.23. The summed E-state index contributed by atoms with van der Waals surface area (Å²) in [6.07, 6.45) is 0. The first-order chi connectivity index (χ1) is 16.8. The predicted molar refractivity (Wildman–Crippen MR) is 141 cm³/mol. The Morgan fingerprint density at radius 2 is 0.765 bits per heavy atom. The summed E-state index contributed by atoms with van der Waals surface area (Å²) >= 11 is 0. The van der Waals surface area contributed by atoms with Crippen molar-refractivity contribution in [3.63, 3.8) is 0 Å². The molecule has 0 aliphatic heterocycles. The maximum atomic E-state index is 3.36. The maximum absolute atomic E-state index is 3.36. The van der Waals surface area contributed by atoms with Crippen LogP contribution in [0.3, 0.4) is 0 Å². The molecule has 0 bridgehead atoms. The number of fused-ring (bicyclic) bond motifs is 1. The van der Waals surface area contributed by atoms with Gasteiger partial charge in [-0.1, -0.05) is 102 Å². The lowest BCUT2D eigenvalue weighted by atomic mass is 9.97. The van der Waals surface area contributed by atoms with Crippen LogP contribution >= 0.6 is 0 Å². The average molecular weight is 429 g/mol. The summed E-state index contributed by atoms with van der Waals surface area (Å²) in [4.78, 5) is 0. The Kier molecular flexibility index (Phi) is 6.22. The van der Waals surface area contributed by atoms with Gasteiger partial charge in [-0.05, 0) is 65.4 Å². The van der Waals surface area contributed by atoms with Crippen molar-refractivity contribution in [2.24, 2.45) is 0 Å². The van der Waals surface area contributed by atoms with Crippen LogP contribution in [0.2, 0.25) is 0 Å². The molecule has 5 aromatic rings. The minimum atomic E-state index is 0.897. The van der Waals surface area contributed by atoms with Crippen LogP contribution < -0.4 is 0 Å². The second kappa shape index (κ2) is 10.1. The van der Waals surface area contributed by atoms with E-state index in [1.165, 1.54) is 0 Å². The zero-order valence-corrected chi connectivity index (χ0v) is 18.5. The standard InChI is InChI=1S/C34H20/c1-4-11-27(12-5-1)19-22-30-17-10-18-33-25-31(23-20-28-13-6-2-7-14-28)32(26-34(30)33)24-21-29-15-8-3-9-16-29/h1-18,25-26H. The van der Waals surface area contributed by atoms with Crippen LogP contribution in [-0.4, -0.2) is 0 Å². The third-order valence-electron chi connectivity index (χ3n) is 5.36. The van der Waals surface area contributed by atoms with Crippen molar-refractivity contribution >= 4 is 10.8 Å². The van der Waals surface area contributed by atoms with Gasteiger partial charge in [-0.15, -0.1) is 0 Å². The molecule has 0 saturated heterocycles. The fourth-order valence-corrected chi connectivity index (χ4v) is 3.62. The van der Waals surface area contributed by atoms with Gasteiger partial charge < -0.3 is 0 Å². The van der Waals surface area contributed by atoms with Gasteiger partial charge in [0.2, 0.25) is 0 Å². The minimum Gasteiger partial charge on any atom is -0.0622 e. The summed E-state index contributed by atoms with van der Waals surface area (Å²) in [5.41, 5.74) is 5.73. The van der Waals surface area contributed by atoms with Gasteiger partial charge in [0, 0.05) is 33.4 Å². The second-order valence-corrected chi connectivity index (χ2v) is 7.77. The molecular formula is C34H20. The number of benzene rings is 5. The SMILES string of the molecule is C(#Cc1cc2cccc(C#Cc3ccccc3)c2cc1C#Cc1ccccc1)c1ccccc1. The van der Waals surface area contributed by atoms with Crippen LogP contribution in [0.5, 0.6) is 0 Å². The Labute approximate surface area is 200 Å². The molecule has 0 saturated carbocycles. The van der Waals surface area contributed by atoms with E-state index in [1.807, 2.05) is 97.1 Å². The number of hydrogen-bond acceptors (Lipinski definition) is 0. The van der Waals surface area contributed by atoms with E-state index in [-0.39, 0.29) is 0 Å². The van der Waals surface area contributed by atoms with Gasteiger partial charge in [-0.2, -0.15) is 0 Å². The molecule has 0 aliphatic rings. The molecule has 156 valence electrons. The number of hydrogen-bond donors (Lipinski definition) is 0. The molecule has 0 spiro atoms. The molecule has 5 aromatic carbocycles. The lowest BCUT2D eigenvalue weighted by Crippen LogP contribution is -1.89. The zero-order valence-electron chi connectivity index (χ0n) is 18.5. The molecule has 0 aliphatic carbocycles. The van der Waals surface area contributed by atoms with Crippen molar-refractivity contribution < 1.29 is 0 Å². The summed E-state index contributed by atoms with van der Waals surface area (Å²) in [6.45, 7) is 0. The Morgan fingerprint density at radius 1 is 0.324 bits per heavy atom. The van der Waals surface area contributed by atoms with Crippen molar-refractivity contribution in [3.05, 3.63) is 155 Å². The van der Waals surface area contributed by atoms with Crippen molar-refractivity contribution in [2.45, 2.75) is 0 Å². The molecular weight excluding hydrogens is 408 g/mol. The van der Waals surface area contributed by atoms with Gasteiger partial charge >= 0.3 is 0 Å². The van der Waals surface area contributed by atoms with E-state index < -0.39 is 0 Å². The van der Waals surface area contributed by atoms with Gasteiger partial charge in [0.25, 0.3) is 0 Å². The van der Waals surface area contributed by atoms with E-state index in [9.17, 15) is 0 Å². The van der Waals surface area contributed by atoms with Gasteiger partial charge in [-0.3, -0.25) is 0 Å². The van der Waals surface area contributed by atoms with Gasteiger partial charge in [0.15, 0.2) is 0 Å². The summed E-state index contributed by atoms with van der Waals surface area (Å²) in [5.74, 6) is 19.9. The smallest absolute Gasteiger partial charge is 0.0412 e. The third kappa shape index (κ3) is 5.09.